The van der Waals surface area contributed by atoms with E-state index in [1.54, 1.807) is 0 Å². The van der Waals surface area contributed by atoms with Gasteiger partial charge in [-0.2, -0.15) is 0 Å². The van der Waals surface area contributed by atoms with Crippen LogP contribution < -0.4 is 0 Å². The fourth-order valence-corrected chi connectivity index (χ4v) is 2.39. The first-order valence-corrected chi connectivity index (χ1v) is 6.85. The molecule has 23 heavy (non-hydrogen) atoms. The molecule has 0 aliphatic rings. The molecule has 0 radical (unpaired) electrons. The van der Waals surface area contributed by atoms with Crippen molar-refractivity contribution in [2.24, 2.45) is 10.8 Å². The van der Waals surface area contributed by atoms with Crippen LogP contribution in [0.5, 0.6) is 0 Å². The number of carbonyl (C=O) groups is 4. The highest BCUT2D eigenvalue weighted by Crippen LogP contribution is 2.45. The minimum atomic E-state index is -1.66. The summed E-state index contributed by atoms with van der Waals surface area (Å²) in [6.07, 6.45) is -2.86. The van der Waals surface area contributed by atoms with Crippen LogP contribution in [0, 0.1) is 10.8 Å². The first-order valence-electron chi connectivity index (χ1n) is 6.85. The molecule has 5 N–H and O–H groups in total. The van der Waals surface area contributed by atoms with Crippen LogP contribution in [0.25, 0.3) is 0 Å². The second-order valence-electron chi connectivity index (χ2n) is 5.89. The lowest BCUT2D eigenvalue weighted by molar-refractivity contribution is -0.146. The Morgan fingerprint density at radius 2 is 1.09 bits per heavy atom. The predicted octanol–water partition coefficient (Wildman–Crippen LogP) is -1.18. The highest BCUT2D eigenvalue weighted by Gasteiger charge is 2.49. The van der Waals surface area contributed by atoms with E-state index in [1.807, 2.05) is 0 Å². The Balaban J connectivity index is 5.63. The zero-order valence-electron chi connectivity index (χ0n) is 12.8. The number of carboxylic acids is 2. The Hall–Kier alpha value is -1.84. The summed E-state index contributed by atoms with van der Waals surface area (Å²) in [5, 5.41) is 46.0. The Bertz CT molecular complexity index is 435. The van der Waals surface area contributed by atoms with Crippen LogP contribution in [-0.2, 0) is 19.2 Å². The van der Waals surface area contributed by atoms with Crippen LogP contribution in [-0.4, -0.2) is 68.9 Å². The molecule has 0 atom stereocenters. The maximum absolute atomic E-state index is 11.8. The quantitative estimate of drug-likeness (QED) is 0.276. The van der Waals surface area contributed by atoms with E-state index in [2.05, 4.69) is 0 Å². The molecule has 0 saturated heterocycles. The van der Waals surface area contributed by atoms with Crippen molar-refractivity contribution in [3.63, 3.8) is 0 Å². The highest BCUT2D eigenvalue weighted by molar-refractivity contribution is 5.97. The molecule has 0 spiro atoms. The summed E-state index contributed by atoms with van der Waals surface area (Å²) < 4.78 is 0. The van der Waals surface area contributed by atoms with Gasteiger partial charge in [-0.1, -0.05) is 6.92 Å². The number of hydrogen-bond acceptors (Lipinski definition) is 7. The minimum Gasteiger partial charge on any atom is -0.481 e. The van der Waals surface area contributed by atoms with E-state index >= 15 is 0 Å². The minimum absolute atomic E-state index is 0.585. The summed E-state index contributed by atoms with van der Waals surface area (Å²) in [7, 11) is 0. The van der Waals surface area contributed by atoms with Crippen molar-refractivity contribution >= 4 is 23.5 Å². The largest absolute Gasteiger partial charge is 0.481 e. The number of rotatable bonds is 12. The van der Waals surface area contributed by atoms with Crippen molar-refractivity contribution in [1.82, 2.24) is 0 Å². The van der Waals surface area contributed by atoms with Crippen molar-refractivity contribution in [1.29, 1.82) is 0 Å². The normalized spacial score (nSPS) is 12.0. The summed E-state index contributed by atoms with van der Waals surface area (Å²) in [4.78, 5) is 44.9. The molecule has 0 bridgehead atoms. The van der Waals surface area contributed by atoms with E-state index in [1.165, 1.54) is 6.92 Å². The summed E-state index contributed by atoms with van der Waals surface area (Å²) in [6, 6.07) is 0. The zero-order valence-corrected chi connectivity index (χ0v) is 12.8. The fraction of sp³-hybridized carbons (Fsp3) is 0.714. The molecular weight excluding hydrogens is 312 g/mol. The topological polar surface area (TPSA) is 169 Å². The van der Waals surface area contributed by atoms with Gasteiger partial charge in [0.15, 0.2) is 0 Å². The van der Waals surface area contributed by atoms with E-state index in [9.17, 15) is 34.5 Å². The van der Waals surface area contributed by atoms with Crippen molar-refractivity contribution in [3.8, 4) is 0 Å². The summed E-state index contributed by atoms with van der Waals surface area (Å²) in [5.41, 5.74) is -3.14. The van der Waals surface area contributed by atoms with Gasteiger partial charge in [0.2, 0.25) is 0 Å². The third kappa shape index (κ3) is 5.70. The molecule has 0 aromatic heterocycles. The molecule has 0 fully saturated rings. The average Bonchev–Trinajstić information content (AvgIpc) is 2.43. The standard InChI is InChI=1S/C14H22O9/c1-13(6-15,7-16)14(8-17,4-9(18)2-11(20)21)5-10(19)3-12(22)23/h15-17H,2-8H2,1H3,(H,20,21)(H,22,23). The number of carbonyl (C=O) groups excluding carboxylic acids is 2. The smallest absolute Gasteiger partial charge is 0.310 e. The maximum atomic E-state index is 11.8. The Morgan fingerprint density at radius 3 is 1.30 bits per heavy atom. The second kappa shape index (κ2) is 8.70. The molecule has 132 valence electrons. The molecule has 9 heteroatoms. The number of aliphatic carboxylic acids is 2. The Morgan fingerprint density at radius 1 is 0.739 bits per heavy atom. The van der Waals surface area contributed by atoms with Crippen LogP contribution >= 0.6 is 0 Å². The number of aliphatic hydroxyl groups excluding tert-OH is 3. The predicted molar refractivity (Wildman–Crippen MR) is 75.6 cm³/mol. The van der Waals surface area contributed by atoms with E-state index < -0.39 is 79.8 Å². The Kier molecular flexibility index (Phi) is 8.01. The lowest BCUT2D eigenvalue weighted by atomic mass is 9.60. The average molecular weight is 334 g/mol. The van der Waals surface area contributed by atoms with Crippen LogP contribution in [0.15, 0.2) is 0 Å². The molecule has 0 unspecified atom stereocenters. The van der Waals surface area contributed by atoms with Gasteiger partial charge in [0.25, 0.3) is 0 Å². The molecule has 0 rings (SSSR count). The number of carboxylic acid groups (broad SMARTS) is 2. The van der Waals surface area contributed by atoms with E-state index in [-0.39, 0.29) is 0 Å². The fourth-order valence-electron chi connectivity index (χ4n) is 2.39. The van der Waals surface area contributed by atoms with Gasteiger partial charge in [-0.05, 0) is 0 Å². The first-order chi connectivity index (χ1) is 10.6. The van der Waals surface area contributed by atoms with Gasteiger partial charge in [0.05, 0.1) is 19.8 Å². The zero-order chi connectivity index (χ0) is 18.3. The Labute approximate surface area is 132 Å². The van der Waals surface area contributed by atoms with Gasteiger partial charge in [-0.3, -0.25) is 19.2 Å². The third-order valence-electron chi connectivity index (χ3n) is 4.05. The molecule has 0 aromatic rings. The van der Waals surface area contributed by atoms with Gasteiger partial charge in [-0.25, -0.2) is 0 Å². The molecule has 0 saturated carbocycles. The number of hydrogen-bond donors (Lipinski definition) is 5. The van der Waals surface area contributed by atoms with Crippen molar-refractivity contribution in [2.75, 3.05) is 19.8 Å². The number of aliphatic hydroxyl groups is 3. The SMILES string of the molecule is CC(CO)(CO)C(CO)(CC(=O)CC(=O)O)CC(=O)CC(=O)O. The van der Waals surface area contributed by atoms with E-state index in [0.717, 1.165) is 0 Å². The maximum Gasteiger partial charge on any atom is 0.310 e. The summed E-state index contributed by atoms with van der Waals surface area (Å²) >= 11 is 0. The van der Waals surface area contributed by atoms with Gasteiger partial charge >= 0.3 is 11.9 Å². The van der Waals surface area contributed by atoms with Gasteiger partial charge < -0.3 is 25.5 Å². The summed E-state index contributed by atoms with van der Waals surface area (Å²) in [5.74, 6) is -4.40. The molecule has 0 aromatic carbocycles. The van der Waals surface area contributed by atoms with Crippen molar-refractivity contribution < 1.29 is 44.7 Å². The second-order valence-corrected chi connectivity index (χ2v) is 5.89. The van der Waals surface area contributed by atoms with Crippen LogP contribution in [0.4, 0.5) is 0 Å². The lowest BCUT2D eigenvalue weighted by Crippen LogP contribution is -2.50. The molecule has 9 nitrogen and oxygen atoms in total. The van der Waals surface area contributed by atoms with Gasteiger partial charge in [0, 0.05) is 23.7 Å². The van der Waals surface area contributed by atoms with Crippen molar-refractivity contribution in [3.05, 3.63) is 0 Å². The van der Waals surface area contributed by atoms with Gasteiger partial charge in [-0.15, -0.1) is 0 Å². The van der Waals surface area contributed by atoms with Crippen LogP contribution in [0.2, 0.25) is 0 Å². The molecule has 0 heterocycles. The lowest BCUT2D eigenvalue weighted by Gasteiger charge is -2.45. The van der Waals surface area contributed by atoms with Crippen LogP contribution in [0.1, 0.15) is 32.6 Å². The molecule has 0 aliphatic carbocycles. The molecule has 0 aliphatic heterocycles. The highest BCUT2D eigenvalue weighted by atomic mass is 16.4. The van der Waals surface area contributed by atoms with E-state index in [0.29, 0.717) is 0 Å². The molecular formula is C14H22O9. The van der Waals surface area contributed by atoms with Crippen LogP contribution in [0.3, 0.4) is 0 Å². The number of ketones is 2. The van der Waals surface area contributed by atoms with Gasteiger partial charge in [0.1, 0.15) is 24.4 Å². The third-order valence-corrected chi connectivity index (χ3v) is 4.05. The number of Topliss-reactive ketones (excluding diaryl/α,β-unsaturated/α-hetero) is 2. The monoisotopic (exact) mass is 334 g/mol. The van der Waals surface area contributed by atoms with Crippen molar-refractivity contribution in [2.45, 2.75) is 32.6 Å². The molecule has 0 amide bonds. The van der Waals surface area contributed by atoms with E-state index in [4.69, 9.17) is 10.2 Å². The first kappa shape index (κ1) is 21.2. The summed E-state index contributed by atoms with van der Waals surface area (Å²) in [6.45, 7) is -0.859.